The van der Waals surface area contributed by atoms with Crippen molar-refractivity contribution in [3.05, 3.63) is 96.1 Å². The van der Waals surface area contributed by atoms with Crippen LogP contribution in [0.5, 0.6) is 0 Å². The minimum atomic E-state index is 1.20. The van der Waals surface area contributed by atoms with E-state index >= 15 is 0 Å². The topological polar surface area (TPSA) is 0 Å². The summed E-state index contributed by atoms with van der Waals surface area (Å²) in [7, 11) is 0. The first-order valence-corrected chi connectivity index (χ1v) is 11.4. The van der Waals surface area contributed by atoms with Gasteiger partial charge in [-0.25, -0.2) is 0 Å². The SMILES string of the molecule is c1ccc2cc(C[N+]34CC[N+](Cc5ccc6ccccc6c5)(CC3)CC4)ccc2c1. The lowest BCUT2D eigenvalue weighted by atomic mass is 10.0. The Morgan fingerprint density at radius 3 is 1.20 bits per heavy atom. The Kier molecular flexibility index (Phi) is 4.19. The molecule has 0 saturated carbocycles. The van der Waals surface area contributed by atoms with Crippen molar-refractivity contribution in [2.24, 2.45) is 0 Å². The number of benzene rings is 4. The van der Waals surface area contributed by atoms with Gasteiger partial charge in [0.25, 0.3) is 0 Å². The van der Waals surface area contributed by atoms with Crippen molar-refractivity contribution in [1.82, 2.24) is 0 Å². The summed E-state index contributed by atoms with van der Waals surface area (Å²) in [5, 5.41) is 5.46. The minimum absolute atomic E-state index is 1.20. The van der Waals surface area contributed by atoms with E-state index in [-0.39, 0.29) is 0 Å². The summed E-state index contributed by atoms with van der Waals surface area (Å²) < 4.78 is 2.58. The monoisotopic (exact) mass is 394 g/mol. The number of fused-ring (bicyclic) bond motifs is 5. The zero-order valence-corrected chi connectivity index (χ0v) is 17.6. The molecule has 0 atom stereocenters. The van der Waals surface area contributed by atoms with Crippen LogP contribution < -0.4 is 0 Å². The quantitative estimate of drug-likeness (QED) is 0.409. The van der Waals surface area contributed by atoms with E-state index in [4.69, 9.17) is 0 Å². The van der Waals surface area contributed by atoms with Crippen molar-refractivity contribution < 1.29 is 8.97 Å². The molecule has 0 unspecified atom stereocenters. The Labute approximate surface area is 179 Å². The van der Waals surface area contributed by atoms with Gasteiger partial charge in [0, 0.05) is 11.1 Å². The predicted octanol–water partition coefficient (Wildman–Crippen LogP) is 5.35. The lowest BCUT2D eigenvalue weighted by Gasteiger charge is -2.55. The van der Waals surface area contributed by atoms with Crippen LogP contribution in [0.1, 0.15) is 11.1 Å². The van der Waals surface area contributed by atoms with Gasteiger partial charge in [-0.15, -0.1) is 0 Å². The zero-order valence-electron chi connectivity index (χ0n) is 17.6. The highest BCUT2D eigenvalue weighted by Crippen LogP contribution is 2.32. The minimum Gasteiger partial charge on any atom is -0.306 e. The molecule has 0 N–H and O–H groups in total. The van der Waals surface area contributed by atoms with Gasteiger partial charge in [0.1, 0.15) is 52.4 Å². The number of hydrogen-bond acceptors (Lipinski definition) is 0. The summed E-state index contributed by atoms with van der Waals surface area (Å²) >= 11 is 0. The first kappa shape index (κ1) is 18.1. The number of piperazine rings is 3. The normalized spacial score (nSPS) is 25.7. The fourth-order valence-electron chi connectivity index (χ4n) is 5.87. The van der Waals surface area contributed by atoms with Crippen molar-refractivity contribution in [1.29, 1.82) is 0 Å². The van der Waals surface area contributed by atoms with Crippen LogP contribution in [0.3, 0.4) is 0 Å². The largest absolute Gasteiger partial charge is 0.306 e. The molecular formula is C28H30N2+2. The number of nitrogens with zero attached hydrogens (tertiary/aromatic N) is 2. The Morgan fingerprint density at radius 1 is 0.433 bits per heavy atom. The van der Waals surface area contributed by atoms with Crippen LogP contribution >= 0.6 is 0 Å². The summed E-state index contributed by atoms with van der Waals surface area (Å²) in [5.74, 6) is 0. The molecule has 150 valence electrons. The second-order valence-electron chi connectivity index (χ2n) is 9.70. The molecule has 3 aliphatic heterocycles. The molecule has 0 radical (unpaired) electrons. The second-order valence-corrected chi connectivity index (χ2v) is 9.70. The van der Waals surface area contributed by atoms with Crippen molar-refractivity contribution in [3.8, 4) is 0 Å². The number of rotatable bonds is 4. The Hall–Kier alpha value is -2.68. The van der Waals surface area contributed by atoms with Crippen molar-refractivity contribution >= 4 is 21.5 Å². The van der Waals surface area contributed by atoms with Crippen LogP contribution in [0.4, 0.5) is 0 Å². The molecule has 2 nitrogen and oxygen atoms in total. The molecule has 30 heavy (non-hydrogen) atoms. The molecule has 3 saturated heterocycles. The van der Waals surface area contributed by atoms with Crippen LogP contribution in [0, 0.1) is 0 Å². The molecule has 3 aliphatic rings. The molecule has 3 heterocycles. The zero-order chi connectivity index (χ0) is 20.0. The highest BCUT2D eigenvalue weighted by Gasteiger charge is 2.48. The summed E-state index contributed by atoms with van der Waals surface area (Å²) in [4.78, 5) is 0. The van der Waals surface area contributed by atoms with Crippen molar-refractivity contribution in [2.45, 2.75) is 13.1 Å². The van der Waals surface area contributed by atoms with E-state index < -0.39 is 0 Å². The Morgan fingerprint density at radius 2 is 0.800 bits per heavy atom. The van der Waals surface area contributed by atoms with Gasteiger partial charge in [0.15, 0.2) is 0 Å². The van der Waals surface area contributed by atoms with Gasteiger partial charge >= 0.3 is 0 Å². The lowest BCUT2D eigenvalue weighted by Crippen LogP contribution is -2.74. The average molecular weight is 395 g/mol. The number of quaternary nitrogens is 2. The van der Waals surface area contributed by atoms with Gasteiger partial charge < -0.3 is 8.97 Å². The van der Waals surface area contributed by atoms with Gasteiger partial charge in [-0.05, 0) is 33.7 Å². The first-order valence-electron chi connectivity index (χ1n) is 11.4. The molecule has 4 aromatic rings. The molecule has 0 amide bonds. The third kappa shape index (κ3) is 3.21. The maximum atomic E-state index is 2.42. The van der Waals surface area contributed by atoms with Crippen LogP contribution in [-0.2, 0) is 13.1 Å². The maximum absolute atomic E-state index is 2.42. The average Bonchev–Trinajstić information content (AvgIpc) is 2.80. The standard InChI is InChI=1S/C28H30N2/c1-3-7-27-19-23(9-11-25(27)5-1)21-29-13-16-30(17-14-29,18-15-29)22-24-10-12-26-6-2-4-8-28(26)20-24/h1-12,19-20H,13-18,21-22H2/q+2. The summed E-state index contributed by atoms with van der Waals surface area (Å²) in [6.45, 7) is 10.3. The summed E-state index contributed by atoms with van der Waals surface area (Å²) in [6, 6.07) is 31.6. The molecule has 7 rings (SSSR count). The molecule has 4 aromatic carbocycles. The molecular weight excluding hydrogens is 364 g/mol. The fourth-order valence-corrected chi connectivity index (χ4v) is 5.87. The van der Waals surface area contributed by atoms with Crippen LogP contribution in [-0.4, -0.2) is 48.2 Å². The van der Waals surface area contributed by atoms with Gasteiger partial charge in [-0.3, -0.25) is 0 Å². The van der Waals surface area contributed by atoms with Gasteiger partial charge in [-0.1, -0.05) is 72.8 Å². The van der Waals surface area contributed by atoms with E-state index in [0.717, 1.165) is 0 Å². The van der Waals surface area contributed by atoms with Crippen LogP contribution in [0.15, 0.2) is 84.9 Å². The Bertz CT molecular complexity index is 1100. The molecule has 0 aliphatic carbocycles. The van der Waals surface area contributed by atoms with E-state index in [9.17, 15) is 0 Å². The van der Waals surface area contributed by atoms with E-state index in [0.29, 0.717) is 0 Å². The molecule has 2 bridgehead atoms. The van der Waals surface area contributed by atoms with E-state index in [1.807, 2.05) is 0 Å². The molecule has 0 spiro atoms. The van der Waals surface area contributed by atoms with Gasteiger partial charge in [-0.2, -0.15) is 0 Å². The van der Waals surface area contributed by atoms with E-state index in [1.165, 1.54) is 94.0 Å². The lowest BCUT2D eigenvalue weighted by molar-refractivity contribution is -1.09. The van der Waals surface area contributed by atoms with Crippen LogP contribution in [0.25, 0.3) is 21.5 Å². The van der Waals surface area contributed by atoms with Gasteiger partial charge in [0.2, 0.25) is 0 Å². The fraction of sp³-hybridized carbons (Fsp3) is 0.286. The third-order valence-electron chi connectivity index (χ3n) is 7.81. The highest BCUT2D eigenvalue weighted by atomic mass is 15.5. The molecule has 2 heteroatoms. The van der Waals surface area contributed by atoms with E-state index in [2.05, 4.69) is 84.9 Å². The van der Waals surface area contributed by atoms with Crippen LogP contribution in [0.2, 0.25) is 0 Å². The third-order valence-corrected chi connectivity index (χ3v) is 7.81. The van der Waals surface area contributed by atoms with Crippen molar-refractivity contribution in [2.75, 3.05) is 39.3 Å². The summed E-state index contributed by atoms with van der Waals surface area (Å²) in [5.41, 5.74) is 3.01. The van der Waals surface area contributed by atoms with Gasteiger partial charge in [0.05, 0.1) is 0 Å². The number of hydrogen-bond donors (Lipinski definition) is 0. The smallest absolute Gasteiger partial charge is 0.129 e. The first-order chi connectivity index (χ1) is 14.7. The highest BCUT2D eigenvalue weighted by molar-refractivity contribution is 5.83. The maximum Gasteiger partial charge on any atom is 0.129 e. The molecule has 3 fully saturated rings. The second kappa shape index (κ2) is 6.94. The molecule has 0 aromatic heterocycles. The van der Waals surface area contributed by atoms with Crippen molar-refractivity contribution in [3.63, 3.8) is 0 Å². The van der Waals surface area contributed by atoms with E-state index in [1.54, 1.807) is 0 Å². The summed E-state index contributed by atoms with van der Waals surface area (Å²) in [6.07, 6.45) is 0. The Balaban J connectivity index is 1.18. The predicted molar refractivity (Wildman–Crippen MR) is 125 cm³/mol.